The molecule has 150 valence electrons. The molecule has 0 amide bonds. The van der Waals surface area contributed by atoms with Gasteiger partial charge in [-0.05, 0) is 46.2 Å². The van der Waals surface area contributed by atoms with Crippen molar-refractivity contribution < 1.29 is 0 Å². The normalized spacial score (nSPS) is 11.2. The molecule has 0 atom stereocenters. The molecule has 0 aromatic heterocycles. The molecule has 0 saturated carbocycles. The first-order valence-electron chi connectivity index (χ1n) is 10.2. The van der Waals surface area contributed by atoms with E-state index >= 15 is 0 Å². The molecular weight excluding hydrogens is 364 g/mol. The molecular formula is C28H28N2. The summed E-state index contributed by atoms with van der Waals surface area (Å²) in [5.74, 6) is 0. The second-order valence-corrected chi connectivity index (χ2v) is 7.23. The van der Waals surface area contributed by atoms with E-state index in [-0.39, 0.29) is 0 Å². The maximum Gasteiger partial charge on any atom is 0.0640 e. The van der Waals surface area contributed by atoms with Crippen molar-refractivity contribution >= 4 is 12.4 Å². The van der Waals surface area contributed by atoms with Gasteiger partial charge in [0.15, 0.2) is 0 Å². The molecule has 0 N–H and O–H groups in total. The Labute approximate surface area is 180 Å². The van der Waals surface area contributed by atoms with Crippen LogP contribution in [-0.2, 0) is 25.9 Å². The van der Waals surface area contributed by atoms with Gasteiger partial charge in [0.05, 0.1) is 13.1 Å². The van der Waals surface area contributed by atoms with Crippen LogP contribution < -0.4 is 0 Å². The van der Waals surface area contributed by atoms with E-state index in [0.717, 1.165) is 24.0 Å². The SMILES string of the molecule is C=CCc1ccc(C=NCc2cccc(CN=Cc3ccc(CC=C)cc3)c2)cc1. The quantitative estimate of drug-likeness (QED) is 0.282. The minimum atomic E-state index is 0.663. The van der Waals surface area contributed by atoms with Crippen LogP contribution in [0.15, 0.2) is 108 Å². The molecule has 30 heavy (non-hydrogen) atoms. The van der Waals surface area contributed by atoms with Gasteiger partial charge in [-0.1, -0.05) is 84.9 Å². The van der Waals surface area contributed by atoms with Gasteiger partial charge in [0.2, 0.25) is 0 Å². The highest BCUT2D eigenvalue weighted by Crippen LogP contribution is 2.10. The lowest BCUT2D eigenvalue weighted by Crippen LogP contribution is -1.89. The standard InChI is InChI=1S/C28H28N2/c1-3-6-23-10-14-25(15-11-23)19-29-21-27-8-5-9-28(18-27)22-30-20-26-16-12-24(7-4-2)13-17-26/h3-5,8-20H,1-2,6-7,21-22H2. The Bertz CT molecular complexity index is 929. The van der Waals surface area contributed by atoms with Gasteiger partial charge in [-0.15, -0.1) is 13.2 Å². The van der Waals surface area contributed by atoms with Gasteiger partial charge in [-0.2, -0.15) is 0 Å². The number of hydrogen-bond donors (Lipinski definition) is 0. The summed E-state index contributed by atoms with van der Waals surface area (Å²) in [7, 11) is 0. The fraction of sp³-hybridized carbons (Fsp3) is 0.143. The second-order valence-electron chi connectivity index (χ2n) is 7.23. The maximum absolute atomic E-state index is 4.59. The van der Waals surface area contributed by atoms with Crippen molar-refractivity contribution in [2.45, 2.75) is 25.9 Å². The Kier molecular flexibility index (Phi) is 8.11. The first-order chi connectivity index (χ1) is 14.8. The lowest BCUT2D eigenvalue weighted by molar-refractivity contribution is 1.03. The molecule has 0 bridgehead atoms. The summed E-state index contributed by atoms with van der Waals surface area (Å²) in [6.07, 6.45) is 9.48. The minimum Gasteiger partial charge on any atom is -0.288 e. The third kappa shape index (κ3) is 6.82. The average Bonchev–Trinajstić information content (AvgIpc) is 2.77. The Morgan fingerprint density at radius 3 is 1.40 bits per heavy atom. The monoisotopic (exact) mass is 392 g/mol. The highest BCUT2D eigenvalue weighted by molar-refractivity contribution is 5.80. The zero-order chi connectivity index (χ0) is 21.0. The Morgan fingerprint density at radius 2 is 1.00 bits per heavy atom. The van der Waals surface area contributed by atoms with Crippen LogP contribution in [0.5, 0.6) is 0 Å². The van der Waals surface area contributed by atoms with Crippen LogP contribution in [-0.4, -0.2) is 12.4 Å². The fourth-order valence-electron chi connectivity index (χ4n) is 3.15. The van der Waals surface area contributed by atoms with Crippen LogP contribution in [0, 0.1) is 0 Å². The first kappa shape index (κ1) is 21.2. The Balaban J connectivity index is 1.53. The highest BCUT2D eigenvalue weighted by Gasteiger charge is 1.96. The van der Waals surface area contributed by atoms with E-state index in [1.807, 2.05) is 24.6 Å². The summed E-state index contributed by atoms with van der Waals surface area (Å²) in [4.78, 5) is 9.18. The van der Waals surface area contributed by atoms with E-state index in [9.17, 15) is 0 Å². The van der Waals surface area contributed by atoms with Gasteiger partial charge >= 0.3 is 0 Å². The Hall–Kier alpha value is -3.52. The molecule has 2 heteroatoms. The molecule has 0 spiro atoms. The number of hydrogen-bond acceptors (Lipinski definition) is 2. The topological polar surface area (TPSA) is 24.7 Å². The number of benzene rings is 3. The minimum absolute atomic E-state index is 0.663. The highest BCUT2D eigenvalue weighted by atomic mass is 14.7. The summed E-state index contributed by atoms with van der Waals surface area (Å²) in [6.45, 7) is 8.87. The van der Waals surface area contributed by atoms with Crippen LogP contribution in [0.1, 0.15) is 33.4 Å². The third-order valence-electron chi connectivity index (χ3n) is 4.74. The van der Waals surface area contributed by atoms with Crippen LogP contribution in [0.2, 0.25) is 0 Å². The van der Waals surface area contributed by atoms with Crippen molar-refractivity contribution in [3.05, 3.63) is 131 Å². The fourth-order valence-corrected chi connectivity index (χ4v) is 3.15. The zero-order valence-electron chi connectivity index (χ0n) is 17.4. The molecule has 0 unspecified atom stereocenters. The summed E-state index contributed by atoms with van der Waals surface area (Å²) < 4.78 is 0. The molecule has 0 aliphatic heterocycles. The molecule has 3 rings (SSSR count). The lowest BCUT2D eigenvalue weighted by Gasteiger charge is -2.02. The number of allylic oxidation sites excluding steroid dienone is 2. The predicted molar refractivity (Wildman–Crippen MR) is 130 cm³/mol. The second kappa shape index (κ2) is 11.5. The maximum atomic E-state index is 4.59. The van der Waals surface area contributed by atoms with Crippen LogP contribution in [0.4, 0.5) is 0 Å². The number of rotatable bonds is 10. The average molecular weight is 393 g/mol. The zero-order valence-corrected chi connectivity index (χ0v) is 17.4. The van der Waals surface area contributed by atoms with Gasteiger partial charge < -0.3 is 0 Å². The summed E-state index contributed by atoms with van der Waals surface area (Å²) in [6, 6.07) is 25.3. The van der Waals surface area contributed by atoms with E-state index in [0.29, 0.717) is 13.1 Å². The lowest BCUT2D eigenvalue weighted by atomic mass is 10.1. The van der Waals surface area contributed by atoms with E-state index in [2.05, 4.69) is 95.9 Å². The van der Waals surface area contributed by atoms with Gasteiger partial charge in [-0.25, -0.2) is 0 Å². The molecule has 0 aliphatic carbocycles. The van der Waals surface area contributed by atoms with E-state index in [1.165, 1.54) is 22.3 Å². The van der Waals surface area contributed by atoms with Gasteiger partial charge in [0.1, 0.15) is 0 Å². The molecule has 2 nitrogen and oxygen atoms in total. The van der Waals surface area contributed by atoms with Crippen molar-refractivity contribution in [1.82, 2.24) is 0 Å². The molecule has 0 saturated heterocycles. The van der Waals surface area contributed by atoms with Gasteiger partial charge in [0, 0.05) is 12.4 Å². The smallest absolute Gasteiger partial charge is 0.0640 e. The van der Waals surface area contributed by atoms with E-state index < -0.39 is 0 Å². The largest absolute Gasteiger partial charge is 0.288 e. The van der Waals surface area contributed by atoms with Gasteiger partial charge in [-0.3, -0.25) is 9.98 Å². The number of nitrogens with zero attached hydrogens (tertiary/aromatic N) is 2. The molecule has 0 heterocycles. The van der Waals surface area contributed by atoms with Crippen LogP contribution in [0.3, 0.4) is 0 Å². The number of aliphatic imine (C=N–C) groups is 2. The molecule has 0 aliphatic rings. The summed E-state index contributed by atoms with van der Waals surface area (Å²) in [5, 5.41) is 0. The summed E-state index contributed by atoms with van der Waals surface area (Å²) in [5.41, 5.74) is 7.14. The summed E-state index contributed by atoms with van der Waals surface area (Å²) >= 11 is 0. The van der Waals surface area contributed by atoms with Crippen molar-refractivity contribution in [3.8, 4) is 0 Å². The van der Waals surface area contributed by atoms with E-state index in [4.69, 9.17) is 0 Å². The molecule has 0 radical (unpaired) electrons. The molecule has 0 fully saturated rings. The molecule has 3 aromatic rings. The van der Waals surface area contributed by atoms with Crippen molar-refractivity contribution in [2.24, 2.45) is 9.98 Å². The van der Waals surface area contributed by atoms with Crippen LogP contribution >= 0.6 is 0 Å². The predicted octanol–water partition coefficient (Wildman–Crippen LogP) is 6.38. The van der Waals surface area contributed by atoms with E-state index in [1.54, 1.807) is 0 Å². The van der Waals surface area contributed by atoms with Crippen molar-refractivity contribution in [3.63, 3.8) is 0 Å². The van der Waals surface area contributed by atoms with Crippen molar-refractivity contribution in [2.75, 3.05) is 0 Å². The third-order valence-corrected chi connectivity index (χ3v) is 4.74. The Morgan fingerprint density at radius 1 is 0.567 bits per heavy atom. The van der Waals surface area contributed by atoms with Gasteiger partial charge in [0.25, 0.3) is 0 Å². The van der Waals surface area contributed by atoms with Crippen molar-refractivity contribution in [1.29, 1.82) is 0 Å². The molecule has 3 aromatic carbocycles. The van der Waals surface area contributed by atoms with Crippen LogP contribution in [0.25, 0.3) is 0 Å². The first-order valence-corrected chi connectivity index (χ1v) is 10.2.